The second kappa shape index (κ2) is 5.51. The van der Waals surface area contributed by atoms with Crippen molar-refractivity contribution in [2.75, 3.05) is 37.3 Å². The fraction of sp³-hybridized carbons (Fsp3) is 0.312. The highest BCUT2D eigenvalue weighted by molar-refractivity contribution is 5.54. The summed E-state index contributed by atoms with van der Waals surface area (Å²) in [6.07, 6.45) is 1.78. The number of nitrogens with two attached hydrogens (primary N) is 1. The zero-order chi connectivity index (χ0) is 13.9. The van der Waals surface area contributed by atoms with Crippen molar-refractivity contribution in [2.45, 2.75) is 6.04 Å². The summed E-state index contributed by atoms with van der Waals surface area (Å²) in [5.74, 6) is 0.577. The van der Waals surface area contributed by atoms with E-state index in [9.17, 15) is 0 Å². The number of piperazine rings is 1. The monoisotopic (exact) mass is 268 g/mol. The zero-order valence-corrected chi connectivity index (χ0v) is 11.7. The van der Waals surface area contributed by atoms with Gasteiger partial charge in [0.1, 0.15) is 5.82 Å². The number of rotatable bonds is 2. The summed E-state index contributed by atoms with van der Waals surface area (Å²) in [5.41, 5.74) is 8.32. The number of aromatic nitrogens is 1. The highest BCUT2D eigenvalue weighted by Crippen LogP contribution is 2.30. The minimum atomic E-state index is 0.358. The van der Waals surface area contributed by atoms with E-state index in [2.05, 4.69) is 52.2 Å². The van der Waals surface area contributed by atoms with Crippen LogP contribution < -0.4 is 10.6 Å². The molecule has 1 aliphatic heterocycles. The van der Waals surface area contributed by atoms with Gasteiger partial charge in [0.15, 0.2) is 0 Å². The van der Waals surface area contributed by atoms with Crippen LogP contribution in [0.15, 0.2) is 48.7 Å². The van der Waals surface area contributed by atoms with Crippen LogP contribution in [-0.4, -0.2) is 36.6 Å². The average molecular weight is 268 g/mol. The molecule has 20 heavy (non-hydrogen) atoms. The summed E-state index contributed by atoms with van der Waals surface area (Å²) in [6.45, 7) is 3.08. The summed E-state index contributed by atoms with van der Waals surface area (Å²) in [5, 5.41) is 0. The molecular formula is C16H20N4. The molecule has 1 aromatic carbocycles. The SMILES string of the molecule is CN1CCN(c2ccnc(N)c2)C(c2ccccc2)C1. The molecule has 3 rings (SSSR count). The van der Waals surface area contributed by atoms with Gasteiger partial charge in [-0.2, -0.15) is 0 Å². The number of pyridine rings is 1. The van der Waals surface area contributed by atoms with Crippen molar-refractivity contribution < 1.29 is 0 Å². The van der Waals surface area contributed by atoms with Gasteiger partial charge in [-0.3, -0.25) is 0 Å². The Morgan fingerprint density at radius 3 is 2.70 bits per heavy atom. The highest BCUT2D eigenvalue weighted by atomic mass is 15.3. The zero-order valence-electron chi connectivity index (χ0n) is 11.7. The van der Waals surface area contributed by atoms with Crippen molar-refractivity contribution in [2.24, 2.45) is 0 Å². The molecule has 0 bridgehead atoms. The van der Waals surface area contributed by atoms with E-state index in [0.29, 0.717) is 11.9 Å². The molecule has 0 spiro atoms. The van der Waals surface area contributed by atoms with Crippen LogP contribution in [-0.2, 0) is 0 Å². The maximum absolute atomic E-state index is 5.83. The molecule has 1 atom stereocenters. The third-order valence-corrected chi connectivity index (χ3v) is 3.86. The lowest BCUT2D eigenvalue weighted by atomic mass is 10.0. The number of likely N-dealkylation sites (N-methyl/N-ethyl adjacent to an activating group) is 1. The van der Waals surface area contributed by atoms with Gasteiger partial charge in [0.2, 0.25) is 0 Å². The lowest BCUT2D eigenvalue weighted by Crippen LogP contribution is -2.46. The summed E-state index contributed by atoms with van der Waals surface area (Å²) in [6, 6.07) is 15.0. The topological polar surface area (TPSA) is 45.4 Å². The van der Waals surface area contributed by atoms with Crippen molar-refractivity contribution >= 4 is 11.5 Å². The van der Waals surface area contributed by atoms with E-state index in [4.69, 9.17) is 5.73 Å². The molecule has 1 fully saturated rings. The van der Waals surface area contributed by atoms with Gasteiger partial charge in [0.05, 0.1) is 6.04 Å². The van der Waals surface area contributed by atoms with Crippen LogP contribution in [0.1, 0.15) is 11.6 Å². The van der Waals surface area contributed by atoms with Crippen molar-refractivity contribution in [3.05, 3.63) is 54.2 Å². The molecule has 2 aromatic rings. The third kappa shape index (κ3) is 2.60. The number of benzene rings is 1. The van der Waals surface area contributed by atoms with Crippen LogP contribution in [0.5, 0.6) is 0 Å². The minimum Gasteiger partial charge on any atom is -0.384 e. The number of hydrogen-bond donors (Lipinski definition) is 1. The van der Waals surface area contributed by atoms with Gasteiger partial charge in [-0.15, -0.1) is 0 Å². The molecule has 0 saturated carbocycles. The third-order valence-electron chi connectivity index (χ3n) is 3.86. The Morgan fingerprint density at radius 2 is 1.95 bits per heavy atom. The molecule has 0 aliphatic carbocycles. The van der Waals surface area contributed by atoms with E-state index < -0.39 is 0 Å². The molecule has 2 heterocycles. The van der Waals surface area contributed by atoms with Crippen LogP contribution in [0.4, 0.5) is 11.5 Å². The number of nitrogens with zero attached hydrogens (tertiary/aromatic N) is 3. The number of anilines is 2. The first-order valence-corrected chi connectivity index (χ1v) is 6.96. The second-order valence-corrected chi connectivity index (χ2v) is 5.32. The van der Waals surface area contributed by atoms with Gasteiger partial charge in [-0.25, -0.2) is 4.98 Å². The van der Waals surface area contributed by atoms with E-state index in [-0.39, 0.29) is 0 Å². The maximum Gasteiger partial charge on any atom is 0.125 e. The van der Waals surface area contributed by atoms with Crippen LogP contribution in [0.3, 0.4) is 0 Å². The Balaban J connectivity index is 1.95. The first-order valence-electron chi connectivity index (χ1n) is 6.96. The summed E-state index contributed by atoms with van der Waals surface area (Å²) < 4.78 is 0. The van der Waals surface area contributed by atoms with Crippen LogP contribution in [0.25, 0.3) is 0 Å². The molecule has 104 valence electrons. The molecule has 2 N–H and O–H groups in total. The fourth-order valence-corrected chi connectivity index (χ4v) is 2.80. The lowest BCUT2D eigenvalue weighted by Gasteiger charge is -2.41. The normalized spacial score (nSPS) is 20.1. The van der Waals surface area contributed by atoms with Crippen molar-refractivity contribution in [1.29, 1.82) is 0 Å². The first-order chi connectivity index (χ1) is 9.74. The van der Waals surface area contributed by atoms with E-state index in [0.717, 1.165) is 25.3 Å². The molecule has 4 nitrogen and oxygen atoms in total. The van der Waals surface area contributed by atoms with Gasteiger partial charge >= 0.3 is 0 Å². The molecule has 1 saturated heterocycles. The molecule has 1 unspecified atom stereocenters. The molecule has 0 radical (unpaired) electrons. The number of hydrogen-bond acceptors (Lipinski definition) is 4. The Kier molecular flexibility index (Phi) is 3.56. The van der Waals surface area contributed by atoms with E-state index in [1.54, 1.807) is 6.20 Å². The van der Waals surface area contributed by atoms with Crippen LogP contribution in [0, 0.1) is 0 Å². The summed E-state index contributed by atoms with van der Waals surface area (Å²) in [4.78, 5) is 8.89. The Hall–Kier alpha value is -2.07. The van der Waals surface area contributed by atoms with Crippen molar-refractivity contribution in [3.8, 4) is 0 Å². The van der Waals surface area contributed by atoms with Crippen LogP contribution in [0.2, 0.25) is 0 Å². The smallest absolute Gasteiger partial charge is 0.125 e. The standard InChI is InChI=1S/C16H20N4/c1-19-9-10-20(14-7-8-18-16(17)11-14)15(12-19)13-5-3-2-4-6-13/h2-8,11,15H,9-10,12H2,1H3,(H2,17,18). The van der Waals surface area contributed by atoms with Gasteiger partial charge in [0, 0.05) is 37.6 Å². The van der Waals surface area contributed by atoms with Crippen LogP contribution >= 0.6 is 0 Å². The Labute approximate surface area is 119 Å². The quantitative estimate of drug-likeness (QED) is 0.906. The first kappa shape index (κ1) is 12.9. The van der Waals surface area contributed by atoms with E-state index in [1.807, 2.05) is 12.1 Å². The van der Waals surface area contributed by atoms with Crippen molar-refractivity contribution in [1.82, 2.24) is 9.88 Å². The summed E-state index contributed by atoms with van der Waals surface area (Å²) >= 11 is 0. The molecule has 1 aliphatic rings. The van der Waals surface area contributed by atoms with Gasteiger partial charge in [-0.05, 0) is 18.7 Å². The molecule has 4 heteroatoms. The average Bonchev–Trinajstić information content (AvgIpc) is 2.48. The predicted octanol–water partition coefficient (Wildman–Crippen LogP) is 2.16. The Morgan fingerprint density at radius 1 is 1.15 bits per heavy atom. The summed E-state index contributed by atoms with van der Waals surface area (Å²) in [7, 11) is 2.17. The molecule has 1 aromatic heterocycles. The largest absolute Gasteiger partial charge is 0.384 e. The fourth-order valence-electron chi connectivity index (χ4n) is 2.80. The van der Waals surface area contributed by atoms with Gasteiger partial charge in [0.25, 0.3) is 0 Å². The molecular weight excluding hydrogens is 248 g/mol. The predicted molar refractivity (Wildman–Crippen MR) is 82.7 cm³/mol. The molecule has 0 amide bonds. The minimum absolute atomic E-state index is 0.358. The maximum atomic E-state index is 5.83. The van der Waals surface area contributed by atoms with Crippen molar-refractivity contribution in [3.63, 3.8) is 0 Å². The lowest BCUT2D eigenvalue weighted by molar-refractivity contribution is 0.269. The van der Waals surface area contributed by atoms with Gasteiger partial charge in [-0.1, -0.05) is 30.3 Å². The van der Waals surface area contributed by atoms with Gasteiger partial charge < -0.3 is 15.5 Å². The number of nitrogen functional groups attached to an aromatic ring is 1. The second-order valence-electron chi connectivity index (χ2n) is 5.32. The highest BCUT2D eigenvalue weighted by Gasteiger charge is 2.26. The van der Waals surface area contributed by atoms with E-state index >= 15 is 0 Å². The Bertz CT molecular complexity index is 570. The van der Waals surface area contributed by atoms with E-state index in [1.165, 1.54) is 5.56 Å².